The Kier molecular flexibility index (Phi) is 4.66. The number of allylic oxidation sites excluding steroid dienone is 2. The first-order valence-electron chi connectivity index (χ1n) is 8.75. The summed E-state index contributed by atoms with van der Waals surface area (Å²) in [5.41, 5.74) is -2.59. The van der Waals surface area contributed by atoms with Gasteiger partial charge in [0.15, 0.2) is 0 Å². The van der Waals surface area contributed by atoms with Gasteiger partial charge in [-0.25, -0.2) is 4.98 Å². The van der Waals surface area contributed by atoms with Crippen molar-refractivity contribution in [3.05, 3.63) is 56.5 Å². The first-order valence-corrected chi connectivity index (χ1v) is 10.4. The van der Waals surface area contributed by atoms with Crippen molar-refractivity contribution in [3.63, 3.8) is 0 Å². The maximum atomic E-state index is 14.9. The minimum Gasteiger partial charge on any atom is -0.255 e. The molecule has 1 aliphatic rings. The van der Waals surface area contributed by atoms with Gasteiger partial charge in [-0.15, -0.1) is 22.7 Å². The fraction of sp³-hybridized carbons (Fsp3) is 0.300. The highest BCUT2D eigenvalue weighted by Crippen LogP contribution is 2.66. The zero-order valence-corrected chi connectivity index (χ0v) is 17.5. The fourth-order valence-corrected chi connectivity index (χ4v) is 5.52. The molecule has 0 amide bonds. The van der Waals surface area contributed by atoms with Crippen LogP contribution in [0.15, 0.2) is 30.5 Å². The molecule has 1 aliphatic carbocycles. The highest BCUT2D eigenvalue weighted by Gasteiger charge is 2.80. The van der Waals surface area contributed by atoms with Crippen molar-refractivity contribution in [3.8, 4) is 10.6 Å². The van der Waals surface area contributed by atoms with Crippen LogP contribution in [-0.2, 0) is 0 Å². The molecule has 0 fully saturated rings. The molecule has 0 aromatic carbocycles. The molecular formula is C20H14F6N2S2. The predicted molar refractivity (Wildman–Crippen MR) is 106 cm³/mol. The van der Waals surface area contributed by atoms with Crippen LogP contribution in [-0.4, -0.2) is 27.7 Å². The number of pyridine rings is 1. The number of aryl methyl sites for hydroxylation is 3. The second-order valence-electron chi connectivity index (χ2n) is 6.92. The Hall–Kier alpha value is -2.20. The van der Waals surface area contributed by atoms with Gasteiger partial charge >= 0.3 is 17.8 Å². The van der Waals surface area contributed by atoms with E-state index < -0.39 is 28.9 Å². The van der Waals surface area contributed by atoms with Gasteiger partial charge in [0.2, 0.25) is 0 Å². The number of rotatable bonds is 3. The molecule has 3 heterocycles. The Morgan fingerprint density at radius 3 is 2.10 bits per heavy atom. The molecule has 2 nitrogen and oxygen atoms in total. The zero-order valence-electron chi connectivity index (χ0n) is 15.9. The van der Waals surface area contributed by atoms with Crippen molar-refractivity contribution in [2.75, 3.05) is 0 Å². The molecule has 0 unspecified atom stereocenters. The van der Waals surface area contributed by atoms with Crippen LogP contribution >= 0.6 is 22.7 Å². The van der Waals surface area contributed by atoms with Crippen LogP contribution in [0.4, 0.5) is 26.3 Å². The lowest BCUT2D eigenvalue weighted by molar-refractivity contribution is -0.254. The Labute approximate surface area is 175 Å². The molecular weight excluding hydrogens is 446 g/mol. The van der Waals surface area contributed by atoms with E-state index in [0.717, 1.165) is 11.3 Å². The van der Waals surface area contributed by atoms with Crippen LogP contribution in [0.5, 0.6) is 0 Å². The van der Waals surface area contributed by atoms with Crippen molar-refractivity contribution in [2.45, 2.75) is 38.5 Å². The summed E-state index contributed by atoms with van der Waals surface area (Å²) in [5.74, 6) is -15.7. The van der Waals surface area contributed by atoms with Crippen molar-refractivity contribution < 1.29 is 26.3 Å². The highest BCUT2D eigenvalue weighted by molar-refractivity contribution is 7.15. The summed E-state index contributed by atoms with van der Waals surface area (Å²) in [5, 5.41) is 0.319. The maximum absolute atomic E-state index is 14.9. The first kappa shape index (κ1) is 21.0. The van der Waals surface area contributed by atoms with Crippen LogP contribution in [0.1, 0.15) is 26.0 Å². The summed E-state index contributed by atoms with van der Waals surface area (Å²) in [6, 6.07) is 6.19. The summed E-state index contributed by atoms with van der Waals surface area (Å²) >= 11 is 1.73. The van der Waals surface area contributed by atoms with E-state index in [4.69, 9.17) is 0 Å². The molecule has 4 rings (SSSR count). The number of alkyl halides is 6. The van der Waals surface area contributed by atoms with Crippen LogP contribution < -0.4 is 0 Å². The standard InChI is InChI=1S/C20H14F6N2S2/c1-9-17(30-11(3)28-9)16-15(18(21,22)20(25,26)19(16,23)24)12-8-14(29-10(12)2)13-6-4-5-7-27-13/h4-8H,1-3H3. The predicted octanol–water partition coefficient (Wildman–Crippen LogP) is 7.02. The third-order valence-corrected chi connectivity index (χ3v) is 7.07. The molecule has 0 spiro atoms. The van der Waals surface area contributed by atoms with E-state index in [9.17, 15) is 26.3 Å². The molecule has 10 heteroatoms. The number of nitrogens with zero attached hydrogens (tertiary/aromatic N) is 2. The van der Waals surface area contributed by atoms with Gasteiger partial charge in [-0.3, -0.25) is 4.98 Å². The quantitative estimate of drug-likeness (QED) is 0.393. The van der Waals surface area contributed by atoms with Crippen LogP contribution in [0.2, 0.25) is 0 Å². The molecule has 0 N–H and O–H groups in total. The van der Waals surface area contributed by atoms with E-state index in [1.54, 1.807) is 18.2 Å². The van der Waals surface area contributed by atoms with E-state index in [1.165, 1.54) is 33.0 Å². The van der Waals surface area contributed by atoms with Gasteiger partial charge in [-0.2, -0.15) is 26.3 Å². The first-order chi connectivity index (χ1) is 13.9. The summed E-state index contributed by atoms with van der Waals surface area (Å²) in [6.07, 6.45) is 1.49. The summed E-state index contributed by atoms with van der Waals surface area (Å²) < 4.78 is 88.3. The Morgan fingerprint density at radius 1 is 0.867 bits per heavy atom. The Morgan fingerprint density at radius 2 is 1.53 bits per heavy atom. The third kappa shape index (κ3) is 2.76. The van der Waals surface area contributed by atoms with Gasteiger partial charge < -0.3 is 0 Å². The number of hydrogen-bond donors (Lipinski definition) is 0. The molecule has 0 atom stereocenters. The third-order valence-electron chi connectivity index (χ3n) is 4.90. The Balaban J connectivity index is 2.05. The van der Waals surface area contributed by atoms with Gasteiger partial charge in [-0.1, -0.05) is 6.07 Å². The molecule has 0 radical (unpaired) electrons. The molecule has 30 heavy (non-hydrogen) atoms. The molecule has 3 aromatic rings. The molecule has 0 saturated carbocycles. The minimum absolute atomic E-state index is 0.0102. The van der Waals surface area contributed by atoms with E-state index in [0.29, 0.717) is 26.9 Å². The SMILES string of the molecule is Cc1nc(C)c(C2=C(c3cc(-c4ccccn4)sc3C)C(F)(F)C(F)(F)C2(F)F)s1. The number of thiazole rings is 1. The lowest BCUT2D eigenvalue weighted by Gasteiger charge is -2.25. The number of thiophene rings is 1. The molecule has 3 aromatic heterocycles. The minimum atomic E-state index is -5.57. The molecule has 0 aliphatic heterocycles. The molecule has 0 saturated heterocycles. The monoisotopic (exact) mass is 460 g/mol. The van der Waals surface area contributed by atoms with E-state index in [1.807, 2.05) is 0 Å². The number of aromatic nitrogens is 2. The summed E-state index contributed by atoms with van der Waals surface area (Å²) in [6.45, 7) is 4.28. The van der Waals surface area contributed by atoms with Gasteiger partial charge in [-0.05, 0) is 44.5 Å². The van der Waals surface area contributed by atoms with E-state index in [-0.39, 0.29) is 21.0 Å². The lowest BCUT2D eigenvalue weighted by Crippen LogP contribution is -2.48. The van der Waals surface area contributed by atoms with Crippen molar-refractivity contribution in [1.82, 2.24) is 9.97 Å². The van der Waals surface area contributed by atoms with Crippen LogP contribution in [0.3, 0.4) is 0 Å². The van der Waals surface area contributed by atoms with Gasteiger partial charge in [0, 0.05) is 16.6 Å². The molecule has 158 valence electrons. The highest BCUT2D eigenvalue weighted by atomic mass is 32.1. The number of hydrogen-bond acceptors (Lipinski definition) is 4. The van der Waals surface area contributed by atoms with Crippen LogP contribution in [0, 0.1) is 20.8 Å². The topological polar surface area (TPSA) is 25.8 Å². The molecule has 0 bridgehead atoms. The zero-order chi connectivity index (χ0) is 22.1. The maximum Gasteiger partial charge on any atom is 0.380 e. The van der Waals surface area contributed by atoms with Crippen molar-refractivity contribution >= 4 is 33.8 Å². The summed E-state index contributed by atoms with van der Waals surface area (Å²) in [4.78, 5) is 8.38. The second kappa shape index (κ2) is 6.65. The largest absolute Gasteiger partial charge is 0.380 e. The lowest BCUT2D eigenvalue weighted by atomic mass is 9.98. The fourth-order valence-electron chi connectivity index (χ4n) is 3.51. The Bertz CT molecular complexity index is 1160. The van der Waals surface area contributed by atoms with Gasteiger partial charge in [0.25, 0.3) is 0 Å². The van der Waals surface area contributed by atoms with Crippen molar-refractivity contribution in [1.29, 1.82) is 0 Å². The summed E-state index contributed by atoms with van der Waals surface area (Å²) in [7, 11) is 0. The normalized spacial score (nSPS) is 19.5. The number of halogens is 6. The van der Waals surface area contributed by atoms with Gasteiger partial charge in [0.1, 0.15) is 0 Å². The smallest absolute Gasteiger partial charge is 0.255 e. The second-order valence-corrected chi connectivity index (χ2v) is 9.38. The van der Waals surface area contributed by atoms with Gasteiger partial charge in [0.05, 0.1) is 31.7 Å². The van der Waals surface area contributed by atoms with E-state index in [2.05, 4.69) is 9.97 Å². The average Bonchev–Trinajstić information content (AvgIpc) is 3.23. The van der Waals surface area contributed by atoms with Crippen molar-refractivity contribution in [2.24, 2.45) is 0 Å². The average molecular weight is 460 g/mol. The van der Waals surface area contributed by atoms with Crippen LogP contribution in [0.25, 0.3) is 21.7 Å². The van der Waals surface area contributed by atoms with E-state index >= 15 is 0 Å².